The molecule has 6 atom stereocenters. The van der Waals surface area contributed by atoms with Gasteiger partial charge < -0.3 is 35.6 Å². The van der Waals surface area contributed by atoms with Crippen LogP contribution < -0.4 is 16.0 Å². The van der Waals surface area contributed by atoms with Crippen LogP contribution in [0, 0.1) is 16.9 Å². The van der Waals surface area contributed by atoms with Gasteiger partial charge in [0.1, 0.15) is 12.1 Å². The fourth-order valence-corrected chi connectivity index (χ4v) is 8.93. The molecule has 0 aromatic heterocycles. The number of likely N-dealkylation sites (tertiary alicyclic amines) is 2. The van der Waals surface area contributed by atoms with Crippen molar-refractivity contribution >= 4 is 47.2 Å². The molecule has 0 bridgehead atoms. The highest BCUT2D eigenvalue weighted by atomic mass is 35.5. The van der Waals surface area contributed by atoms with Crippen LogP contribution in [0.5, 0.6) is 0 Å². The molecule has 2 fully saturated rings. The number of nitrogens with one attached hydrogen (secondary N) is 4. The first-order chi connectivity index (χ1) is 33.5. The number of hydrogen-bond acceptors (Lipinski definition) is 9. The predicted molar refractivity (Wildman–Crippen MR) is 280 cm³/mol. The first kappa shape index (κ1) is 61.8. The summed E-state index contributed by atoms with van der Waals surface area (Å²) in [6.07, 6.45) is 8.20. The third-order valence-electron chi connectivity index (χ3n) is 13.5. The van der Waals surface area contributed by atoms with Crippen molar-refractivity contribution in [2.45, 2.75) is 170 Å². The van der Waals surface area contributed by atoms with Crippen molar-refractivity contribution in [2.75, 3.05) is 46.3 Å². The second-order valence-corrected chi connectivity index (χ2v) is 19.9. The van der Waals surface area contributed by atoms with E-state index in [0.717, 1.165) is 49.7 Å². The molecular formula is C53H86ClN11O6. The lowest BCUT2D eigenvalue weighted by Gasteiger charge is -2.37. The first-order valence-corrected chi connectivity index (χ1v) is 25.7. The first-order valence-electron chi connectivity index (χ1n) is 25.4. The topological polar surface area (TPSA) is 212 Å². The summed E-state index contributed by atoms with van der Waals surface area (Å²) >= 11 is 4.55. The van der Waals surface area contributed by atoms with Crippen molar-refractivity contribution in [3.05, 3.63) is 71.8 Å². The molecule has 2 aliphatic heterocycles. The Balaban J connectivity index is 0.00000273. The number of carbonyl (C=O) groups is 6. The van der Waals surface area contributed by atoms with E-state index >= 15 is 0 Å². The Hall–Kier alpha value is -5.29. The van der Waals surface area contributed by atoms with E-state index in [2.05, 4.69) is 61.9 Å². The van der Waals surface area contributed by atoms with Crippen LogP contribution in [0.2, 0.25) is 0 Å². The Morgan fingerprint density at radius 3 is 1.66 bits per heavy atom. The van der Waals surface area contributed by atoms with E-state index < -0.39 is 23.5 Å². The van der Waals surface area contributed by atoms with E-state index in [1.165, 1.54) is 0 Å². The number of benzene rings is 2. The second-order valence-electron chi connectivity index (χ2n) is 19.8. The lowest BCUT2D eigenvalue weighted by molar-refractivity contribution is -0.142. The number of nitrogens with zero attached hydrogens (tertiary/aromatic N) is 7. The van der Waals surface area contributed by atoms with Gasteiger partial charge in [-0.05, 0) is 98.7 Å². The van der Waals surface area contributed by atoms with Gasteiger partial charge in [0.25, 0.3) is 0 Å². The van der Waals surface area contributed by atoms with Crippen molar-refractivity contribution in [1.82, 2.24) is 35.6 Å². The minimum absolute atomic E-state index is 0. The van der Waals surface area contributed by atoms with Crippen molar-refractivity contribution in [1.29, 1.82) is 5.53 Å². The van der Waals surface area contributed by atoms with Gasteiger partial charge >= 0.3 is 0 Å². The number of rotatable bonds is 26. The van der Waals surface area contributed by atoms with Gasteiger partial charge in [0.15, 0.2) is 0 Å². The molecule has 0 radical (unpaired) electrons. The molecule has 17 nitrogen and oxygen atoms in total. The summed E-state index contributed by atoms with van der Waals surface area (Å²) in [5.41, 5.74) is 7.57. The van der Waals surface area contributed by atoms with Gasteiger partial charge in [0.2, 0.25) is 35.4 Å². The average Bonchev–Trinajstić information content (AvgIpc) is 4.04. The summed E-state index contributed by atoms with van der Waals surface area (Å²) < 4.78 is 2.60. The maximum absolute atomic E-state index is 14.3. The number of halogens is 1. The lowest BCUT2D eigenvalue weighted by Crippen LogP contribution is -2.59. The summed E-state index contributed by atoms with van der Waals surface area (Å²) in [5.74, 6) is -0.839. The highest BCUT2D eigenvalue weighted by Gasteiger charge is 2.41. The van der Waals surface area contributed by atoms with Gasteiger partial charge in [-0.1, -0.05) is 127 Å². The van der Waals surface area contributed by atoms with Crippen molar-refractivity contribution in [2.24, 2.45) is 26.4 Å². The normalized spacial score (nSPS) is 17.2. The highest BCUT2D eigenvalue weighted by Crippen LogP contribution is 2.27. The van der Waals surface area contributed by atoms with Gasteiger partial charge in [-0.2, -0.15) is 5.53 Å². The number of amides is 6. The van der Waals surface area contributed by atoms with E-state index in [1.54, 1.807) is 14.0 Å². The summed E-state index contributed by atoms with van der Waals surface area (Å²) in [6, 6.07) is 17.9. The molecule has 6 amide bonds. The minimum atomic E-state index is -0.733. The van der Waals surface area contributed by atoms with Gasteiger partial charge in [0.05, 0.1) is 17.8 Å². The van der Waals surface area contributed by atoms with Crippen molar-refractivity contribution < 1.29 is 28.8 Å². The van der Waals surface area contributed by atoms with E-state index in [4.69, 9.17) is 5.53 Å². The standard InChI is InChI=1S/C52H81N7O6.CH4.ClHN4/c1-9-11-27-44(54-48(62)38(3)10-2)50(64)58-32-19-25-42(58)36-56(34-30-40-21-14-12-15-22-40)45(60)28-18-29-46(61)57(35-31-41-23-16-13-17-24-41)37-43-26-20-33-59(43)51(65)47(52(5,6)7)55-49(63)39(4)53-8;;1-3-5-4-2/h12-17,21-24,38-39,42-44,47,53H,9-11,18-20,25-37H2,1-8H3,(H,54,62)(H,55,63);1H4;2H/t38-,39+,42+,43+,44+,47-;;/m1../s1. The van der Waals surface area contributed by atoms with Crippen LogP contribution in [0.1, 0.15) is 138 Å². The molecule has 2 heterocycles. The molecule has 71 heavy (non-hydrogen) atoms. The maximum Gasteiger partial charge on any atom is 0.246 e. The van der Waals surface area contributed by atoms with E-state index in [9.17, 15) is 28.8 Å². The number of carbonyl (C=O) groups excluding carboxylic acids is 6. The smallest absolute Gasteiger partial charge is 0.246 e. The number of unbranched alkanes of at least 4 members (excludes halogenated alkanes) is 1. The van der Waals surface area contributed by atoms with Crippen LogP contribution in [0.25, 0.3) is 0 Å². The van der Waals surface area contributed by atoms with E-state index in [1.807, 2.05) is 103 Å². The molecule has 0 unspecified atom stereocenters. The molecular weight excluding hydrogens is 922 g/mol. The highest BCUT2D eigenvalue weighted by molar-refractivity contribution is 6.13. The average molecular weight is 1010 g/mol. The Labute approximate surface area is 429 Å². The van der Waals surface area contributed by atoms with Crippen molar-refractivity contribution in [3.8, 4) is 0 Å². The van der Waals surface area contributed by atoms with Crippen LogP contribution in [0.3, 0.4) is 0 Å². The lowest BCUT2D eigenvalue weighted by atomic mass is 9.85. The Morgan fingerprint density at radius 2 is 1.25 bits per heavy atom. The Morgan fingerprint density at radius 1 is 0.761 bits per heavy atom. The van der Waals surface area contributed by atoms with Crippen LogP contribution in [-0.4, -0.2) is 132 Å². The van der Waals surface area contributed by atoms with Gasteiger partial charge in [-0.15, -0.1) is 0 Å². The SMILES string of the molecule is C.CCCC[C@H](NC(=O)[C@H](C)CC)C(=O)N1CCC[C@H]1CN(CCc1ccccc1)C(=O)CCCC(=O)N(CCc1ccccc1)C[C@@H]1CCCN1C(=O)[C@@H](NC(=O)[C@H](C)NC)C(C)(C)C.N=NN=NCl. The third-order valence-corrected chi connectivity index (χ3v) is 13.6. The second kappa shape index (κ2) is 32.6. The zero-order valence-electron chi connectivity index (χ0n) is 43.1. The van der Waals surface area contributed by atoms with Gasteiger partial charge in [0, 0.05) is 70.1 Å². The molecule has 2 aliphatic rings. The quantitative estimate of drug-likeness (QED) is 0.0534. The Kier molecular flexibility index (Phi) is 28.4. The molecule has 2 aromatic carbocycles. The molecule has 4 N–H and O–H groups in total. The Bertz CT molecular complexity index is 1970. The largest absolute Gasteiger partial charge is 0.344 e. The fraction of sp³-hybridized carbons (Fsp3) is 0.660. The molecule has 18 heteroatoms. The summed E-state index contributed by atoms with van der Waals surface area (Å²) in [6.45, 7) is 16.4. The fourth-order valence-electron chi connectivity index (χ4n) is 8.90. The molecule has 0 saturated carbocycles. The molecule has 2 saturated heterocycles. The van der Waals surface area contributed by atoms with Crippen LogP contribution in [0.4, 0.5) is 0 Å². The van der Waals surface area contributed by atoms with Gasteiger partial charge in [-0.3, -0.25) is 28.8 Å². The maximum atomic E-state index is 14.3. The summed E-state index contributed by atoms with van der Waals surface area (Å²) in [5, 5.41) is 14.1. The van der Waals surface area contributed by atoms with Crippen LogP contribution in [0.15, 0.2) is 75.7 Å². The number of hydrogen-bond donors (Lipinski definition) is 4. The molecule has 2 aromatic rings. The van der Waals surface area contributed by atoms with Gasteiger partial charge in [-0.25, -0.2) is 0 Å². The summed E-state index contributed by atoms with van der Waals surface area (Å²) in [7, 11) is 1.71. The van der Waals surface area contributed by atoms with E-state index in [-0.39, 0.29) is 73.7 Å². The third kappa shape index (κ3) is 20.8. The van der Waals surface area contributed by atoms with E-state index in [0.29, 0.717) is 71.4 Å². The zero-order valence-corrected chi connectivity index (χ0v) is 43.9. The van der Waals surface area contributed by atoms with Crippen molar-refractivity contribution in [3.63, 3.8) is 0 Å². The summed E-state index contributed by atoms with van der Waals surface area (Å²) in [4.78, 5) is 90.4. The number of likely N-dealkylation sites (N-methyl/N-ethyl adjacent to an activating group) is 1. The molecule has 0 spiro atoms. The van der Waals surface area contributed by atoms with Crippen LogP contribution in [-0.2, 0) is 41.6 Å². The minimum Gasteiger partial charge on any atom is -0.344 e. The molecule has 0 aliphatic carbocycles. The molecule has 4 rings (SSSR count). The molecule has 396 valence electrons. The predicted octanol–water partition coefficient (Wildman–Crippen LogP) is 8.32. The monoisotopic (exact) mass is 1010 g/mol. The van der Waals surface area contributed by atoms with Crippen LogP contribution >= 0.6 is 11.8 Å². The zero-order chi connectivity index (χ0) is 51.6.